The highest BCUT2D eigenvalue weighted by molar-refractivity contribution is 5.79. The molecule has 138 valence electrons. The van der Waals surface area contributed by atoms with Crippen molar-refractivity contribution in [3.63, 3.8) is 0 Å². The van der Waals surface area contributed by atoms with Crippen molar-refractivity contribution in [2.75, 3.05) is 32.8 Å². The van der Waals surface area contributed by atoms with Crippen LogP contribution in [0.15, 0.2) is 24.3 Å². The topological polar surface area (TPSA) is 70.1 Å². The average molecular weight is 348 g/mol. The van der Waals surface area contributed by atoms with Gasteiger partial charge in [-0.3, -0.25) is 14.5 Å². The second kappa shape index (κ2) is 10.0. The molecule has 1 aromatic rings. The van der Waals surface area contributed by atoms with Crippen molar-refractivity contribution < 1.29 is 19.4 Å². The monoisotopic (exact) mass is 348 g/mol. The van der Waals surface area contributed by atoms with Gasteiger partial charge in [0, 0.05) is 20.0 Å². The first-order valence-electron chi connectivity index (χ1n) is 8.96. The fourth-order valence-corrected chi connectivity index (χ4v) is 3.07. The molecule has 1 fully saturated rings. The number of piperidine rings is 1. The number of rotatable bonds is 9. The Bertz CT molecular complexity index is 570. The van der Waals surface area contributed by atoms with Gasteiger partial charge in [0.25, 0.3) is 0 Å². The first kappa shape index (κ1) is 19.2. The van der Waals surface area contributed by atoms with Crippen LogP contribution in [0.1, 0.15) is 38.2 Å². The Labute approximate surface area is 149 Å². The van der Waals surface area contributed by atoms with Crippen LogP contribution in [0.3, 0.4) is 0 Å². The highest BCUT2D eigenvalue weighted by atomic mass is 16.5. The van der Waals surface area contributed by atoms with Crippen molar-refractivity contribution in [3.05, 3.63) is 29.8 Å². The Morgan fingerprint density at radius 1 is 1.24 bits per heavy atom. The smallest absolute Gasteiger partial charge is 0.323 e. The van der Waals surface area contributed by atoms with E-state index in [2.05, 4.69) is 17.0 Å². The van der Waals surface area contributed by atoms with Crippen molar-refractivity contribution in [2.45, 2.75) is 39.2 Å². The van der Waals surface area contributed by atoms with E-state index >= 15 is 0 Å². The summed E-state index contributed by atoms with van der Waals surface area (Å²) in [6, 6.07) is 8.11. The Balaban J connectivity index is 1.75. The standard InChI is InChI=1S/C19H28N2O4/c1-16(22)21(15-19(23)24)11-6-12-25-18-8-5-7-17(13-18)14-20-9-3-2-4-10-20/h5,7-8,13H,2-4,6,9-12,14-15H2,1H3,(H,23,24). The van der Waals surface area contributed by atoms with Gasteiger partial charge in [0.1, 0.15) is 12.3 Å². The lowest BCUT2D eigenvalue weighted by Gasteiger charge is -2.26. The molecule has 0 saturated carbocycles. The van der Waals surface area contributed by atoms with Gasteiger partial charge in [0.15, 0.2) is 0 Å². The zero-order valence-electron chi connectivity index (χ0n) is 14.9. The van der Waals surface area contributed by atoms with Crippen LogP contribution in [0.4, 0.5) is 0 Å². The number of benzene rings is 1. The Morgan fingerprint density at radius 2 is 2.00 bits per heavy atom. The largest absolute Gasteiger partial charge is 0.494 e. The Kier molecular flexibility index (Phi) is 7.73. The second-order valence-electron chi connectivity index (χ2n) is 6.52. The van der Waals surface area contributed by atoms with Crippen LogP contribution in [-0.4, -0.2) is 59.6 Å². The van der Waals surface area contributed by atoms with Gasteiger partial charge in [-0.05, 0) is 50.0 Å². The van der Waals surface area contributed by atoms with E-state index in [4.69, 9.17) is 9.84 Å². The van der Waals surface area contributed by atoms with Crippen LogP contribution in [0, 0.1) is 0 Å². The summed E-state index contributed by atoms with van der Waals surface area (Å²) in [5, 5.41) is 8.80. The minimum absolute atomic E-state index is 0.231. The highest BCUT2D eigenvalue weighted by Crippen LogP contribution is 2.17. The number of hydrogen-bond acceptors (Lipinski definition) is 4. The van der Waals surface area contributed by atoms with E-state index in [0.29, 0.717) is 19.6 Å². The SMILES string of the molecule is CC(=O)N(CCCOc1cccc(CN2CCCCC2)c1)CC(=O)O. The molecule has 0 unspecified atom stereocenters. The minimum atomic E-state index is -0.999. The molecular formula is C19H28N2O4. The molecule has 1 heterocycles. The predicted molar refractivity (Wildman–Crippen MR) is 95.6 cm³/mol. The van der Waals surface area contributed by atoms with Crippen molar-refractivity contribution >= 4 is 11.9 Å². The van der Waals surface area contributed by atoms with Crippen LogP contribution in [-0.2, 0) is 16.1 Å². The van der Waals surface area contributed by atoms with E-state index in [-0.39, 0.29) is 12.5 Å². The molecule has 0 bridgehead atoms. The molecule has 0 atom stereocenters. The average Bonchev–Trinajstić information content (AvgIpc) is 2.58. The van der Waals surface area contributed by atoms with E-state index in [1.165, 1.54) is 36.6 Å². The fourth-order valence-electron chi connectivity index (χ4n) is 3.07. The van der Waals surface area contributed by atoms with E-state index in [1.807, 2.05) is 12.1 Å². The molecule has 1 aliphatic rings. The molecule has 1 N–H and O–H groups in total. The van der Waals surface area contributed by atoms with Gasteiger partial charge in [-0.2, -0.15) is 0 Å². The van der Waals surface area contributed by atoms with Crippen LogP contribution < -0.4 is 4.74 Å². The predicted octanol–water partition coefficient (Wildman–Crippen LogP) is 2.37. The lowest BCUT2D eigenvalue weighted by atomic mass is 10.1. The quantitative estimate of drug-likeness (QED) is 0.694. The number of aliphatic carboxylic acids is 1. The second-order valence-corrected chi connectivity index (χ2v) is 6.52. The van der Waals surface area contributed by atoms with E-state index < -0.39 is 5.97 Å². The van der Waals surface area contributed by atoms with Crippen LogP contribution in [0.25, 0.3) is 0 Å². The summed E-state index contributed by atoms with van der Waals surface area (Å²) in [7, 11) is 0. The third kappa shape index (κ3) is 7.13. The zero-order valence-corrected chi connectivity index (χ0v) is 14.9. The number of carbonyl (C=O) groups is 2. The summed E-state index contributed by atoms with van der Waals surface area (Å²) in [6.45, 7) is 5.24. The summed E-state index contributed by atoms with van der Waals surface area (Å²) in [5.41, 5.74) is 1.25. The summed E-state index contributed by atoms with van der Waals surface area (Å²) in [6.07, 6.45) is 4.49. The molecule has 0 aromatic heterocycles. The van der Waals surface area contributed by atoms with Gasteiger partial charge < -0.3 is 14.7 Å². The molecule has 0 aliphatic carbocycles. The lowest BCUT2D eigenvalue weighted by molar-refractivity contribution is -0.143. The summed E-state index contributed by atoms with van der Waals surface area (Å²) in [5.74, 6) is -0.408. The number of ether oxygens (including phenoxy) is 1. The van der Waals surface area contributed by atoms with Gasteiger partial charge in [0.05, 0.1) is 6.61 Å². The van der Waals surface area contributed by atoms with Gasteiger partial charge in [-0.1, -0.05) is 18.6 Å². The number of carbonyl (C=O) groups excluding carboxylic acids is 1. The van der Waals surface area contributed by atoms with Crippen molar-refractivity contribution in [2.24, 2.45) is 0 Å². The van der Waals surface area contributed by atoms with Gasteiger partial charge >= 0.3 is 5.97 Å². The molecule has 2 rings (SSSR count). The molecule has 0 radical (unpaired) electrons. The number of carboxylic acids is 1. The normalized spacial score (nSPS) is 14.9. The molecule has 6 heteroatoms. The molecule has 1 amide bonds. The molecule has 6 nitrogen and oxygen atoms in total. The van der Waals surface area contributed by atoms with E-state index in [1.54, 1.807) is 0 Å². The van der Waals surface area contributed by atoms with Crippen molar-refractivity contribution in [3.8, 4) is 5.75 Å². The summed E-state index contributed by atoms with van der Waals surface area (Å²) >= 11 is 0. The van der Waals surface area contributed by atoms with Crippen molar-refractivity contribution in [1.82, 2.24) is 9.80 Å². The van der Waals surface area contributed by atoms with Gasteiger partial charge in [-0.25, -0.2) is 0 Å². The third-order valence-electron chi connectivity index (χ3n) is 4.37. The highest BCUT2D eigenvalue weighted by Gasteiger charge is 2.13. The lowest BCUT2D eigenvalue weighted by Crippen LogP contribution is -2.35. The first-order valence-corrected chi connectivity index (χ1v) is 8.96. The maximum Gasteiger partial charge on any atom is 0.323 e. The fraction of sp³-hybridized carbons (Fsp3) is 0.579. The number of likely N-dealkylation sites (tertiary alicyclic amines) is 1. The zero-order chi connectivity index (χ0) is 18.1. The molecule has 1 aromatic carbocycles. The Hall–Kier alpha value is -2.08. The number of hydrogen-bond donors (Lipinski definition) is 1. The van der Waals surface area contributed by atoms with Crippen LogP contribution in [0.2, 0.25) is 0 Å². The number of carboxylic acid groups (broad SMARTS) is 1. The van der Waals surface area contributed by atoms with Crippen molar-refractivity contribution in [1.29, 1.82) is 0 Å². The van der Waals surface area contributed by atoms with Gasteiger partial charge in [-0.15, -0.1) is 0 Å². The molecule has 0 spiro atoms. The summed E-state index contributed by atoms with van der Waals surface area (Å²) in [4.78, 5) is 25.9. The van der Waals surface area contributed by atoms with Crippen LogP contribution >= 0.6 is 0 Å². The molecular weight excluding hydrogens is 320 g/mol. The third-order valence-corrected chi connectivity index (χ3v) is 4.37. The van der Waals surface area contributed by atoms with E-state index in [0.717, 1.165) is 25.4 Å². The number of amides is 1. The van der Waals surface area contributed by atoms with Gasteiger partial charge in [0.2, 0.25) is 5.91 Å². The molecule has 1 aliphatic heterocycles. The van der Waals surface area contributed by atoms with E-state index in [9.17, 15) is 9.59 Å². The maximum atomic E-state index is 11.4. The van der Waals surface area contributed by atoms with Crippen LogP contribution in [0.5, 0.6) is 5.75 Å². The Morgan fingerprint density at radius 3 is 2.68 bits per heavy atom. The molecule has 25 heavy (non-hydrogen) atoms. The summed E-state index contributed by atoms with van der Waals surface area (Å²) < 4.78 is 5.77. The molecule has 1 saturated heterocycles. The minimum Gasteiger partial charge on any atom is -0.494 e. The first-order chi connectivity index (χ1) is 12.0. The maximum absolute atomic E-state index is 11.4. The number of nitrogens with zero attached hydrogens (tertiary/aromatic N) is 2.